The number of carbonyl (C=O) groups is 2. The lowest BCUT2D eigenvalue weighted by Gasteiger charge is -2.48. The zero-order valence-corrected chi connectivity index (χ0v) is 28.8. The average molecular weight is 678 g/mol. The number of ether oxygens (including phenoxy) is 1. The van der Waals surface area contributed by atoms with Crippen molar-refractivity contribution < 1.29 is 19.4 Å². The van der Waals surface area contributed by atoms with Crippen molar-refractivity contribution in [2.75, 3.05) is 18.0 Å². The van der Waals surface area contributed by atoms with Crippen LogP contribution in [0.2, 0.25) is 0 Å². The van der Waals surface area contributed by atoms with Crippen LogP contribution in [0.25, 0.3) is 0 Å². The van der Waals surface area contributed by atoms with Gasteiger partial charge in [-0.05, 0) is 86.8 Å². The van der Waals surface area contributed by atoms with Crippen molar-refractivity contribution in [3.05, 3.63) is 92.9 Å². The quantitative estimate of drug-likeness (QED) is 0.252. The smallest absolute Gasteiger partial charge is 0.274 e. The molecule has 2 aliphatic heterocycles. The number of hydrogen-bond donors (Lipinski definition) is 3. The molecule has 3 N–H and O–H groups in total. The first-order chi connectivity index (χ1) is 24.3. The standard InChI is InChI=1S/C40H47N5O5/c1-2-26-13-14-36-31(19-26)33(22-40(50-36)15-7-16-40)42-24-35(46)32(20-27-8-5-9-28(18-27)23-41)43-38(48)29-21-34(44-17-6-12-37(44)47)39(49)45(25-29)30-10-3-4-11-30/h5,8-9,13-14,18-19,21,25,30,32-33,35,42,46H,2-4,6-7,10-12,15-17,20,22,24H2,1H3,(H,43,48)/t32-,33-,35+/m0/s1. The lowest BCUT2D eigenvalue weighted by atomic mass is 9.72. The van der Waals surface area contributed by atoms with Crippen LogP contribution in [0.5, 0.6) is 5.75 Å². The van der Waals surface area contributed by atoms with Gasteiger partial charge >= 0.3 is 0 Å². The number of rotatable bonds is 11. The molecule has 262 valence electrons. The number of amides is 2. The molecule has 3 heterocycles. The zero-order chi connectivity index (χ0) is 34.8. The van der Waals surface area contributed by atoms with E-state index in [-0.39, 0.29) is 53.4 Å². The Morgan fingerprint density at radius 3 is 2.60 bits per heavy atom. The Morgan fingerprint density at radius 2 is 1.90 bits per heavy atom. The Bertz CT molecular complexity index is 1850. The van der Waals surface area contributed by atoms with Crippen LogP contribution >= 0.6 is 0 Å². The number of benzene rings is 2. The Hall–Kier alpha value is -4.46. The minimum atomic E-state index is -0.983. The lowest BCUT2D eigenvalue weighted by Crippen LogP contribution is -2.52. The molecule has 0 bridgehead atoms. The number of hydrogen-bond acceptors (Lipinski definition) is 7. The van der Waals surface area contributed by atoms with E-state index in [0.29, 0.717) is 24.9 Å². The summed E-state index contributed by atoms with van der Waals surface area (Å²) in [6.45, 7) is 2.79. The molecule has 1 aromatic heterocycles. The van der Waals surface area contributed by atoms with Crippen molar-refractivity contribution in [2.24, 2.45) is 0 Å². The number of aliphatic hydroxyl groups is 1. The monoisotopic (exact) mass is 677 g/mol. The third kappa shape index (κ3) is 6.94. The molecular weight excluding hydrogens is 630 g/mol. The Kier molecular flexibility index (Phi) is 9.80. The van der Waals surface area contributed by atoms with Crippen LogP contribution in [0.15, 0.2) is 59.5 Å². The van der Waals surface area contributed by atoms with Crippen molar-refractivity contribution in [3.63, 3.8) is 0 Å². The Morgan fingerprint density at radius 1 is 1.08 bits per heavy atom. The number of nitrogens with zero attached hydrogens (tertiary/aromatic N) is 3. The third-order valence-electron chi connectivity index (χ3n) is 11.3. The molecule has 10 nitrogen and oxygen atoms in total. The first-order valence-corrected chi connectivity index (χ1v) is 18.4. The zero-order valence-electron chi connectivity index (χ0n) is 28.8. The number of carbonyl (C=O) groups excluding carboxylic acids is 2. The van der Waals surface area contributed by atoms with Gasteiger partial charge in [0.05, 0.1) is 29.3 Å². The topological polar surface area (TPSA) is 137 Å². The second kappa shape index (κ2) is 14.4. The number of fused-ring (bicyclic) bond motifs is 1. The summed E-state index contributed by atoms with van der Waals surface area (Å²) in [5.74, 6) is 0.351. The summed E-state index contributed by atoms with van der Waals surface area (Å²) in [5, 5.41) is 28.1. The summed E-state index contributed by atoms with van der Waals surface area (Å²) >= 11 is 0. The van der Waals surface area contributed by atoms with E-state index in [1.54, 1.807) is 29.0 Å². The maximum absolute atomic E-state index is 14.1. The van der Waals surface area contributed by atoms with E-state index in [4.69, 9.17) is 4.74 Å². The van der Waals surface area contributed by atoms with Crippen molar-refractivity contribution >= 4 is 17.5 Å². The van der Waals surface area contributed by atoms with Gasteiger partial charge in [-0.1, -0.05) is 44.0 Å². The first-order valence-electron chi connectivity index (χ1n) is 18.4. The van der Waals surface area contributed by atoms with Crippen LogP contribution in [0, 0.1) is 11.3 Å². The van der Waals surface area contributed by atoms with Gasteiger partial charge in [-0.2, -0.15) is 5.26 Å². The van der Waals surface area contributed by atoms with E-state index in [1.165, 1.54) is 16.5 Å². The Balaban J connectivity index is 1.16. The van der Waals surface area contributed by atoms with Gasteiger partial charge in [0, 0.05) is 49.8 Å². The summed E-state index contributed by atoms with van der Waals surface area (Å²) in [5.41, 5.74) is 3.71. The molecule has 1 spiro atoms. The Labute approximate surface area is 293 Å². The van der Waals surface area contributed by atoms with Gasteiger partial charge in [-0.15, -0.1) is 0 Å². The largest absolute Gasteiger partial charge is 0.487 e. The fourth-order valence-corrected chi connectivity index (χ4v) is 8.22. The number of nitrogens with one attached hydrogen (secondary N) is 2. The van der Waals surface area contributed by atoms with Gasteiger partial charge < -0.3 is 29.9 Å². The van der Waals surface area contributed by atoms with E-state index in [2.05, 4.69) is 41.8 Å². The molecule has 10 heteroatoms. The predicted octanol–water partition coefficient (Wildman–Crippen LogP) is 5.26. The molecule has 7 rings (SSSR count). The van der Waals surface area contributed by atoms with Crippen molar-refractivity contribution in [2.45, 2.75) is 114 Å². The SMILES string of the molecule is CCc1ccc2c(c1)[C@@H](NC[C@@H](O)[C@H](Cc1cccc(C#N)c1)NC(=O)c1cc(N3CCCC3=O)c(=O)n(C3CCCC3)c1)CC1(CCC1)O2. The van der Waals surface area contributed by atoms with Crippen molar-refractivity contribution in [1.82, 2.24) is 15.2 Å². The number of aromatic nitrogens is 1. The minimum Gasteiger partial charge on any atom is -0.487 e. The van der Waals surface area contributed by atoms with Crippen LogP contribution in [0.1, 0.15) is 116 Å². The second-order valence-corrected chi connectivity index (χ2v) is 14.6. The molecular formula is C40H47N5O5. The summed E-state index contributed by atoms with van der Waals surface area (Å²) in [4.78, 5) is 42.1. The minimum absolute atomic E-state index is 0.0195. The molecule has 0 radical (unpaired) electrons. The maximum Gasteiger partial charge on any atom is 0.274 e. The molecule has 4 aliphatic rings. The van der Waals surface area contributed by atoms with Gasteiger partial charge in [0.15, 0.2) is 0 Å². The fraction of sp³-hybridized carbons (Fsp3) is 0.500. The van der Waals surface area contributed by atoms with Crippen LogP contribution in [0.3, 0.4) is 0 Å². The van der Waals surface area contributed by atoms with Gasteiger partial charge in [-0.25, -0.2) is 0 Å². The predicted molar refractivity (Wildman–Crippen MR) is 190 cm³/mol. The van der Waals surface area contributed by atoms with Crippen LogP contribution < -0.4 is 25.8 Å². The normalized spacial score (nSPS) is 20.9. The molecule has 2 amide bonds. The molecule has 2 aromatic carbocycles. The maximum atomic E-state index is 14.1. The summed E-state index contributed by atoms with van der Waals surface area (Å²) < 4.78 is 8.16. The number of anilines is 1. The number of aryl methyl sites for hydroxylation is 1. The summed E-state index contributed by atoms with van der Waals surface area (Å²) in [6.07, 6.45) is 10.5. The molecule has 2 saturated carbocycles. The number of nitriles is 1. The highest BCUT2D eigenvalue weighted by molar-refractivity contribution is 5.98. The van der Waals surface area contributed by atoms with Gasteiger partial charge in [-0.3, -0.25) is 14.4 Å². The first kappa shape index (κ1) is 34.0. The number of pyridine rings is 1. The molecule has 2 aliphatic carbocycles. The van der Waals surface area contributed by atoms with Gasteiger partial charge in [0.1, 0.15) is 17.0 Å². The molecule has 3 aromatic rings. The highest BCUT2D eigenvalue weighted by Gasteiger charge is 2.45. The molecule has 0 unspecified atom stereocenters. The van der Waals surface area contributed by atoms with Crippen molar-refractivity contribution in [1.29, 1.82) is 5.26 Å². The van der Waals surface area contributed by atoms with E-state index in [1.807, 2.05) is 6.07 Å². The van der Waals surface area contributed by atoms with Crippen molar-refractivity contribution in [3.8, 4) is 11.8 Å². The average Bonchev–Trinajstić information content (AvgIpc) is 3.81. The molecule has 3 fully saturated rings. The van der Waals surface area contributed by atoms with E-state index >= 15 is 0 Å². The van der Waals surface area contributed by atoms with Crippen LogP contribution in [0.4, 0.5) is 5.69 Å². The lowest BCUT2D eigenvalue weighted by molar-refractivity contribution is -0.117. The summed E-state index contributed by atoms with van der Waals surface area (Å²) in [7, 11) is 0. The highest BCUT2D eigenvalue weighted by Crippen LogP contribution is 2.49. The van der Waals surface area contributed by atoms with E-state index in [0.717, 1.165) is 74.7 Å². The fourth-order valence-electron chi connectivity index (χ4n) is 8.22. The molecule has 50 heavy (non-hydrogen) atoms. The second-order valence-electron chi connectivity index (χ2n) is 14.6. The third-order valence-corrected chi connectivity index (χ3v) is 11.3. The van der Waals surface area contributed by atoms with Gasteiger partial charge in [0.25, 0.3) is 11.5 Å². The molecule has 3 atom stereocenters. The molecule has 1 saturated heterocycles. The van der Waals surface area contributed by atoms with Gasteiger partial charge in [0.2, 0.25) is 5.91 Å². The van der Waals surface area contributed by atoms with E-state index < -0.39 is 18.1 Å². The van der Waals surface area contributed by atoms with Crippen LogP contribution in [-0.4, -0.2) is 52.3 Å². The van der Waals surface area contributed by atoms with E-state index in [9.17, 15) is 24.8 Å². The summed E-state index contributed by atoms with van der Waals surface area (Å²) in [6, 6.07) is 16.5. The highest BCUT2D eigenvalue weighted by atomic mass is 16.5. The number of aliphatic hydroxyl groups excluding tert-OH is 1. The van der Waals surface area contributed by atoms with Crippen LogP contribution in [-0.2, 0) is 17.6 Å².